The second-order valence-corrected chi connectivity index (χ2v) is 7.95. The van der Waals surface area contributed by atoms with Gasteiger partial charge in [-0.2, -0.15) is 0 Å². The van der Waals surface area contributed by atoms with Gasteiger partial charge in [-0.25, -0.2) is 8.42 Å². The van der Waals surface area contributed by atoms with Crippen molar-refractivity contribution in [3.05, 3.63) is 53.1 Å². The number of nitrogens with zero attached hydrogens (tertiary/aromatic N) is 1. The fourth-order valence-corrected chi connectivity index (χ4v) is 4.02. The molecule has 9 heteroatoms. The molecule has 0 saturated carbocycles. The van der Waals surface area contributed by atoms with Crippen molar-refractivity contribution in [3.63, 3.8) is 0 Å². The number of amides is 1. The first-order chi connectivity index (χ1) is 12.7. The second kappa shape index (κ2) is 8.41. The molecule has 0 bridgehead atoms. The Kier molecular flexibility index (Phi) is 6.45. The lowest BCUT2D eigenvalue weighted by atomic mass is 10.2. The van der Waals surface area contributed by atoms with Crippen LogP contribution in [-0.4, -0.2) is 33.9 Å². The minimum atomic E-state index is -4.08. The molecule has 0 unspecified atom stereocenters. The summed E-state index contributed by atoms with van der Waals surface area (Å²) in [5, 5.41) is 2.94. The number of hydrogen-bond acceptors (Lipinski definition) is 5. The van der Waals surface area contributed by atoms with Crippen molar-refractivity contribution in [1.82, 2.24) is 0 Å². The molecule has 2 rings (SSSR count). The van der Waals surface area contributed by atoms with Gasteiger partial charge in [0.2, 0.25) is 5.91 Å². The van der Waals surface area contributed by atoms with Crippen molar-refractivity contribution in [1.29, 1.82) is 0 Å². The van der Waals surface area contributed by atoms with Gasteiger partial charge in [0.25, 0.3) is 10.0 Å². The van der Waals surface area contributed by atoms with Gasteiger partial charge in [-0.3, -0.25) is 13.9 Å². The van der Waals surface area contributed by atoms with Gasteiger partial charge >= 0.3 is 5.97 Å². The lowest BCUT2D eigenvalue weighted by Crippen LogP contribution is -2.36. The van der Waals surface area contributed by atoms with E-state index in [4.69, 9.17) is 11.6 Å². The van der Waals surface area contributed by atoms with Gasteiger partial charge in [0.1, 0.15) is 6.54 Å². The first kappa shape index (κ1) is 20.7. The Bertz CT molecular complexity index is 958. The van der Waals surface area contributed by atoms with Crippen LogP contribution in [0, 0.1) is 6.92 Å². The van der Waals surface area contributed by atoms with Crippen molar-refractivity contribution in [2.24, 2.45) is 0 Å². The summed E-state index contributed by atoms with van der Waals surface area (Å²) in [5.74, 6) is -0.986. The predicted molar refractivity (Wildman–Crippen MR) is 103 cm³/mol. The number of methoxy groups -OCH3 is 1. The Morgan fingerprint density at radius 1 is 1.15 bits per heavy atom. The quantitative estimate of drug-likeness (QED) is 0.739. The molecular weight excluding hydrogens is 392 g/mol. The summed E-state index contributed by atoms with van der Waals surface area (Å²) in [6.45, 7) is 2.51. The summed E-state index contributed by atoms with van der Waals surface area (Å²) in [5.41, 5.74) is 1.25. The number of benzene rings is 2. The van der Waals surface area contributed by atoms with Crippen LogP contribution in [-0.2, 0) is 24.3 Å². The standard InChI is InChI=1S/C18H19ClN2O5S/c1-12-16(19)5-4-6-17(12)21(11-18(23)26-3)27(24,25)15-9-7-14(8-10-15)20-13(2)22/h4-10H,11H2,1-3H3,(H,20,22). The van der Waals surface area contributed by atoms with Crippen LogP contribution in [0.1, 0.15) is 12.5 Å². The number of hydrogen-bond donors (Lipinski definition) is 1. The monoisotopic (exact) mass is 410 g/mol. The summed E-state index contributed by atoms with van der Waals surface area (Å²) in [7, 11) is -2.90. The maximum atomic E-state index is 13.2. The summed E-state index contributed by atoms with van der Waals surface area (Å²) in [6, 6.07) is 10.4. The van der Waals surface area contributed by atoms with E-state index in [0.717, 1.165) is 4.31 Å². The molecular formula is C18H19ClN2O5S. The van der Waals surface area contributed by atoms with Crippen LogP contribution >= 0.6 is 11.6 Å². The second-order valence-electron chi connectivity index (χ2n) is 5.68. The van der Waals surface area contributed by atoms with Crippen LogP contribution in [0.25, 0.3) is 0 Å². The average Bonchev–Trinajstić information content (AvgIpc) is 2.62. The Balaban J connectivity index is 2.51. The van der Waals surface area contributed by atoms with Gasteiger partial charge in [0.05, 0.1) is 17.7 Å². The topological polar surface area (TPSA) is 92.8 Å². The first-order valence-corrected chi connectivity index (χ1v) is 9.71. The molecule has 2 aromatic rings. The first-order valence-electron chi connectivity index (χ1n) is 7.89. The van der Waals surface area contributed by atoms with Crippen LogP contribution in [0.3, 0.4) is 0 Å². The molecule has 0 saturated heterocycles. The molecule has 0 fully saturated rings. The highest BCUT2D eigenvalue weighted by Crippen LogP contribution is 2.31. The van der Waals surface area contributed by atoms with Gasteiger partial charge in [-0.15, -0.1) is 0 Å². The van der Waals surface area contributed by atoms with E-state index in [-0.39, 0.29) is 16.5 Å². The Morgan fingerprint density at radius 3 is 2.33 bits per heavy atom. The van der Waals surface area contributed by atoms with Crippen molar-refractivity contribution in [2.75, 3.05) is 23.3 Å². The van der Waals surface area contributed by atoms with Crippen molar-refractivity contribution in [3.8, 4) is 0 Å². The molecule has 0 aliphatic rings. The number of sulfonamides is 1. The fraction of sp³-hybridized carbons (Fsp3) is 0.222. The number of nitrogens with one attached hydrogen (secondary N) is 1. The van der Waals surface area contributed by atoms with E-state index in [1.165, 1.54) is 38.3 Å². The smallest absolute Gasteiger partial charge is 0.326 e. The maximum Gasteiger partial charge on any atom is 0.326 e. The van der Waals surface area contributed by atoms with Crippen LogP contribution in [0.5, 0.6) is 0 Å². The molecule has 27 heavy (non-hydrogen) atoms. The molecule has 7 nitrogen and oxygen atoms in total. The zero-order valence-electron chi connectivity index (χ0n) is 15.0. The van der Waals surface area contributed by atoms with Crippen molar-refractivity contribution in [2.45, 2.75) is 18.7 Å². The van der Waals surface area contributed by atoms with Gasteiger partial charge in [0.15, 0.2) is 0 Å². The van der Waals surface area contributed by atoms with E-state index in [0.29, 0.717) is 16.3 Å². The third-order valence-electron chi connectivity index (χ3n) is 3.77. The highest BCUT2D eigenvalue weighted by Gasteiger charge is 2.29. The number of halogens is 1. The fourth-order valence-electron chi connectivity index (χ4n) is 2.39. The average molecular weight is 411 g/mol. The van der Waals surface area contributed by atoms with E-state index >= 15 is 0 Å². The highest BCUT2D eigenvalue weighted by molar-refractivity contribution is 7.92. The number of ether oxygens (including phenoxy) is 1. The Labute approximate surface area is 162 Å². The van der Waals surface area contributed by atoms with E-state index in [9.17, 15) is 18.0 Å². The molecule has 0 radical (unpaired) electrons. The van der Waals surface area contributed by atoms with E-state index < -0.39 is 22.5 Å². The molecule has 0 aliphatic carbocycles. The lowest BCUT2D eigenvalue weighted by Gasteiger charge is -2.25. The third kappa shape index (κ3) is 4.78. The maximum absolute atomic E-state index is 13.2. The number of rotatable bonds is 6. The van der Waals surface area contributed by atoms with Crippen molar-refractivity contribution >= 4 is 44.9 Å². The molecule has 0 spiro atoms. The SMILES string of the molecule is COC(=O)CN(c1cccc(Cl)c1C)S(=O)(=O)c1ccc(NC(C)=O)cc1. The largest absolute Gasteiger partial charge is 0.468 e. The van der Waals surface area contributed by atoms with Crippen LogP contribution in [0.15, 0.2) is 47.4 Å². The van der Waals surface area contributed by atoms with Gasteiger partial charge in [-0.1, -0.05) is 17.7 Å². The predicted octanol–water partition coefficient (Wildman–Crippen LogP) is 2.98. The molecule has 0 aliphatic heterocycles. The zero-order valence-corrected chi connectivity index (χ0v) is 16.6. The Hall–Kier alpha value is -2.58. The van der Waals surface area contributed by atoms with E-state index in [1.54, 1.807) is 25.1 Å². The molecule has 1 N–H and O–H groups in total. The van der Waals surface area contributed by atoms with Crippen LogP contribution in [0.4, 0.5) is 11.4 Å². The summed E-state index contributed by atoms with van der Waals surface area (Å²) in [6.07, 6.45) is 0. The molecule has 144 valence electrons. The molecule has 0 atom stereocenters. The molecule has 2 aromatic carbocycles. The van der Waals surface area contributed by atoms with Crippen molar-refractivity contribution < 1.29 is 22.7 Å². The third-order valence-corrected chi connectivity index (χ3v) is 5.95. The number of esters is 1. The van der Waals surface area contributed by atoms with Crippen LogP contribution < -0.4 is 9.62 Å². The molecule has 1 amide bonds. The summed E-state index contributed by atoms with van der Waals surface area (Å²) in [4.78, 5) is 22.9. The van der Waals surface area contributed by atoms with Crippen LogP contribution in [0.2, 0.25) is 5.02 Å². The Morgan fingerprint density at radius 2 is 1.78 bits per heavy atom. The summed E-state index contributed by atoms with van der Waals surface area (Å²) >= 11 is 6.12. The highest BCUT2D eigenvalue weighted by atomic mass is 35.5. The van der Waals surface area contributed by atoms with E-state index in [2.05, 4.69) is 10.1 Å². The van der Waals surface area contributed by atoms with E-state index in [1.807, 2.05) is 0 Å². The molecule has 0 heterocycles. The molecule has 0 aromatic heterocycles. The number of carbonyl (C=O) groups is 2. The normalized spacial score (nSPS) is 11.0. The number of carbonyl (C=O) groups excluding carboxylic acids is 2. The van der Waals surface area contributed by atoms with Gasteiger partial charge in [0, 0.05) is 17.6 Å². The number of anilines is 2. The minimum absolute atomic E-state index is 0.0418. The van der Waals surface area contributed by atoms with Gasteiger partial charge in [-0.05, 0) is 48.9 Å². The summed E-state index contributed by atoms with van der Waals surface area (Å²) < 4.78 is 31.9. The lowest BCUT2D eigenvalue weighted by molar-refractivity contribution is -0.138. The van der Waals surface area contributed by atoms with Gasteiger partial charge < -0.3 is 10.1 Å². The minimum Gasteiger partial charge on any atom is -0.468 e. The zero-order chi connectivity index (χ0) is 20.2.